The highest BCUT2D eigenvalue weighted by Crippen LogP contribution is 2.34. The molecule has 154 valence electrons. The van der Waals surface area contributed by atoms with Gasteiger partial charge in [-0.1, -0.05) is 30.3 Å². The first kappa shape index (κ1) is 20.1. The normalized spacial score (nSPS) is 16.0. The molecule has 4 nitrogen and oxygen atoms in total. The van der Waals surface area contributed by atoms with Gasteiger partial charge in [0.2, 0.25) is 5.91 Å². The van der Waals surface area contributed by atoms with Crippen LogP contribution in [-0.4, -0.2) is 29.4 Å². The molecule has 3 aromatic rings. The van der Waals surface area contributed by atoms with Crippen LogP contribution >= 0.6 is 0 Å². The minimum Gasteiger partial charge on any atom is -0.497 e. The van der Waals surface area contributed by atoms with Crippen LogP contribution in [0, 0.1) is 12.7 Å². The highest BCUT2D eigenvalue weighted by atomic mass is 19.1. The van der Waals surface area contributed by atoms with Crippen molar-refractivity contribution in [1.82, 2.24) is 9.88 Å². The number of hydrogen-bond donors (Lipinski definition) is 0. The fourth-order valence-corrected chi connectivity index (χ4v) is 4.09. The van der Waals surface area contributed by atoms with Crippen LogP contribution in [0.2, 0.25) is 0 Å². The van der Waals surface area contributed by atoms with Crippen molar-refractivity contribution < 1.29 is 13.9 Å². The summed E-state index contributed by atoms with van der Waals surface area (Å²) in [5, 5.41) is 0. The predicted molar refractivity (Wildman–Crippen MR) is 115 cm³/mol. The lowest BCUT2D eigenvalue weighted by Crippen LogP contribution is -2.32. The second-order valence-electron chi connectivity index (χ2n) is 7.66. The largest absolute Gasteiger partial charge is 0.497 e. The van der Waals surface area contributed by atoms with E-state index in [1.165, 1.54) is 6.07 Å². The molecule has 0 N–H and O–H groups in total. The fraction of sp³-hybridized carbons (Fsp3) is 0.280. The quantitative estimate of drug-likeness (QED) is 0.593. The van der Waals surface area contributed by atoms with Gasteiger partial charge in [0.25, 0.3) is 0 Å². The summed E-state index contributed by atoms with van der Waals surface area (Å²) in [6.07, 6.45) is 1.85. The summed E-state index contributed by atoms with van der Waals surface area (Å²) in [6, 6.07) is 18.4. The lowest BCUT2D eigenvalue weighted by atomic mass is 10.0. The van der Waals surface area contributed by atoms with Crippen LogP contribution in [0.15, 0.2) is 60.7 Å². The minimum absolute atomic E-state index is 0.0584. The average molecular weight is 404 g/mol. The molecule has 2 heterocycles. The summed E-state index contributed by atoms with van der Waals surface area (Å²) in [5.74, 6) is 0.416. The molecule has 5 heteroatoms. The van der Waals surface area contributed by atoms with Gasteiger partial charge in [-0.25, -0.2) is 4.39 Å². The number of pyridine rings is 1. The summed E-state index contributed by atoms with van der Waals surface area (Å²) in [6.45, 7) is 2.64. The third-order valence-electron chi connectivity index (χ3n) is 5.61. The molecule has 0 bridgehead atoms. The van der Waals surface area contributed by atoms with Gasteiger partial charge in [0, 0.05) is 12.2 Å². The highest BCUT2D eigenvalue weighted by molar-refractivity contribution is 5.79. The summed E-state index contributed by atoms with van der Waals surface area (Å²) in [5.41, 5.74) is 4.37. The number of benzene rings is 2. The van der Waals surface area contributed by atoms with E-state index in [1.54, 1.807) is 25.3 Å². The molecule has 0 saturated carbocycles. The van der Waals surface area contributed by atoms with Crippen molar-refractivity contribution in [3.8, 4) is 16.9 Å². The lowest BCUT2D eigenvalue weighted by molar-refractivity contribution is -0.131. The Kier molecular flexibility index (Phi) is 5.79. The molecular weight excluding hydrogens is 379 g/mol. The Bertz CT molecular complexity index is 1050. The maximum atomic E-state index is 14.0. The number of methoxy groups -OCH3 is 1. The molecule has 2 aromatic carbocycles. The zero-order chi connectivity index (χ0) is 21.1. The van der Waals surface area contributed by atoms with Crippen LogP contribution in [0.4, 0.5) is 4.39 Å². The molecule has 0 spiro atoms. The summed E-state index contributed by atoms with van der Waals surface area (Å²) in [7, 11) is 1.65. The van der Waals surface area contributed by atoms with Crippen LogP contribution in [-0.2, 0) is 11.2 Å². The molecule has 0 radical (unpaired) electrons. The molecule has 30 heavy (non-hydrogen) atoms. The number of nitrogens with zero attached hydrogens (tertiary/aromatic N) is 2. The van der Waals surface area contributed by atoms with Gasteiger partial charge in [-0.2, -0.15) is 0 Å². The van der Waals surface area contributed by atoms with Crippen LogP contribution in [0.1, 0.15) is 35.8 Å². The maximum Gasteiger partial charge on any atom is 0.227 e. The highest BCUT2D eigenvalue weighted by Gasteiger charge is 2.31. The van der Waals surface area contributed by atoms with E-state index in [9.17, 15) is 9.18 Å². The second kappa shape index (κ2) is 8.66. The van der Waals surface area contributed by atoms with E-state index in [0.29, 0.717) is 12.1 Å². The zero-order valence-corrected chi connectivity index (χ0v) is 17.3. The molecule has 1 aromatic heterocycles. The number of halogens is 1. The zero-order valence-electron chi connectivity index (χ0n) is 17.3. The molecule has 1 amide bonds. The second-order valence-corrected chi connectivity index (χ2v) is 7.66. The molecule has 1 atom stereocenters. The van der Waals surface area contributed by atoms with Gasteiger partial charge in [0.05, 0.1) is 25.3 Å². The van der Waals surface area contributed by atoms with Crippen molar-refractivity contribution in [2.75, 3.05) is 13.7 Å². The van der Waals surface area contributed by atoms with E-state index in [1.807, 2.05) is 42.2 Å². The topological polar surface area (TPSA) is 42.4 Å². The van der Waals surface area contributed by atoms with Crippen LogP contribution in [0.25, 0.3) is 11.1 Å². The number of likely N-dealkylation sites (tertiary alicyclic amines) is 1. The van der Waals surface area contributed by atoms with Crippen molar-refractivity contribution in [3.63, 3.8) is 0 Å². The van der Waals surface area contributed by atoms with E-state index in [4.69, 9.17) is 9.72 Å². The Labute approximate surface area is 176 Å². The van der Waals surface area contributed by atoms with Gasteiger partial charge in [-0.15, -0.1) is 0 Å². The molecule has 1 aliphatic rings. The van der Waals surface area contributed by atoms with E-state index < -0.39 is 0 Å². The van der Waals surface area contributed by atoms with E-state index in [-0.39, 0.29) is 24.2 Å². The van der Waals surface area contributed by atoms with Gasteiger partial charge in [0.15, 0.2) is 0 Å². The number of aromatic nitrogens is 1. The average Bonchev–Trinajstić information content (AvgIpc) is 3.25. The Morgan fingerprint density at radius 3 is 2.63 bits per heavy atom. The molecule has 1 saturated heterocycles. The number of ether oxygens (including phenoxy) is 1. The van der Waals surface area contributed by atoms with Crippen LogP contribution < -0.4 is 4.74 Å². The van der Waals surface area contributed by atoms with E-state index >= 15 is 0 Å². The Hall–Kier alpha value is -3.21. The number of carbonyl (C=O) groups is 1. The van der Waals surface area contributed by atoms with Crippen molar-refractivity contribution in [2.24, 2.45) is 0 Å². The number of amides is 1. The molecule has 1 aliphatic heterocycles. The number of hydrogen-bond acceptors (Lipinski definition) is 3. The third-order valence-corrected chi connectivity index (χ3v) is 5.61. The predicted octanol–water partition coefficient (Wildman–Crippen LogP) is 5.11. The summed E-state index contributed by atoms with van der Waals surface area (Å²) in [4.78, 5) is 19.6. The van der Waals surface area contributed by atoms with Crippen molar-refractivity contribution in [1.29, 1.82) is 0 Å². The monoisotopic (exact) mass is 404 g/mol. The van der Waals surface area contributed by atoms with Gasteiger partial charge < -0.3 is 9.64 Å². The summed E-state index contributed by atoms with van der Waals surface area (Å²) < 4.78 is 19.3. The number of rotatable bonds is 5. The van der Waals surface area contributed by atoms with Gasteiger partial charge in [0.1, 0.15) is 11.6 Å². The number of carbonyl (C=O) groups excluding carboxylic acids is 1. The SMILES string of the molecule is COc1ccc(-c2cc(C)nc([C@@H]3CCCN3C(=O)Cc3ccccc3F)c2)cc1. The molecule has 4 rings (SSSR count). The smallest absolute Gasteiger partial charge is 0.227 e. The van der Waals surface area contributed by atoms with Crippen molar-refractivity contribution >= 4 is 5.91 Å². The number of aryl methyl sites for hydroxylation is 1. The Morgan fingerprint density at radius 1 is 1.13 bits per heavy atom. The molecule has 0 unspecified atom stereocenters. The van der Waals surface area contributed by atoms with Crippen LogP contribution in [0.3, 0.4) is 0 Å². The van der Waals surface area contributed by atoms with Gasteiger partial charge >= 0.3 is 0 Å². The van der Waals surface area contributed by atoms with E-state index in [2.05, 4.69) is 6.07 Å². The molecule has 0 aliphatic carbocycles. The fourth-order valence-electron chi connectivity index (χ4n) is 4.09. The maximum absolute atomic E-state index is 14.0. The Balaban J connectivity index is 1.59. The molecular formula is C25H25FN2O2. The first-order chi connectivity index (χ1) is 14.5. The third kappa shape index (κ3) is 4.20. The van der Waals surface area contributed by atoms with Crippen molar-refractivity contribution in [2.45, 2.75) is 32.2 Å². The first-order valence-corrected chi connectivity index (χ1v) is 10.2. The van der Waals surface area contributed by atoms with Gasteiger partial charge in [-0.3, -0.25) is 9.78 Å². The van der Waals surface area contributed by atoms with Gasteiger partial charge in [-0.05, 0) is 66.8 Å². The first-order valence-electron chi connectivity index (χ1n) is 10.2. The Morgan fingerprint density at radius 2 is 1.90 bits per heavy atom. The minimum atomic E-state index is -0.336. The van der Waals surface area contributed by atoms with Crippen LogP contribution in [0.5, 0.6) is 5.75 Å². The van der Waals surface area contributed by atoms with Crippen molar-refractivity contribution in [3.05, 3.63) is 83.4 Å². The molecule has 1 fully saturated rings. The van der Waals surface area contributed by atoms with E-state index in [0.717, 1.165) is 41.1 Å². The lowest BCUT2D eigenvalue weighted by Gasteiger charge is -2.25. The standard InChI is InChI=1S/C25H25FN2O2/c1-17-14-20(18-9-11-21(30-2)12-10-18)15-23(27-17)24-8-5-13-28(24)25(29)16-19-6-3-4-7-22(19)26/h3-4,6-7,9-12,14-15,24H,5,8,13,16H2,1-2H3/t24-/m0/s1. The summed E-state index contributed by atoms with van der Waals surface area (Å²) >= 11 is 0.